The van der Waals surface area contributed by atoms with Crippen LogP contribution in [0.4, 0.5) is 0 Å². The van der Waals surface area contributed by atoms with Crippen LogP contribution in [0.5, 0.6) is 0 Å². The largest absolute Gasteiger partial charge is 0.342 e. The topological polar surface area (TPSA) is 53.6 Å². The molecule has 106 valence electrons. The van der Waals surface area contributed by atoms with Crippen molar-refractivity contribution in [1.82, 2.24) is 10.3 Å². The van der Waals surface area contributed by atoms with Gasteiger partial charge in [-0.1, -0.05) is 40.5 Å². The lowest BCUT2D eigenvalue weighted by Crippen LogP contribution is -2.50. The van der Waals surface area contributed by atoms with Crippen LogP contribution in [0, 0.1) is 11.3 Å². The number of nitrogens with two attached hydrogens (primary N) is 1. The number of likely N-dealkylation sites (tertiary alicyclic amines) is 1. The molecule has 1 aliphatic heterocycles. The average Bonchev–Trinajstić information content (AvgIpc) is 2.40. The quantitative estimate of drug-likeness (QED) is 0.350. The number of guanidine groups is 1. The van der Waals surface area contributed by atoms with Gasteiger partial charge in [-0.3, -0.25) is 10.4 Å². The van der Waals surface area contributed by atoms with Crippen molar-refractivity contribution in [1.29, 1.82) is 0 Å². The lowest BCUT2D eigenvalue weighted by atomic mass is 9.74. The standard InChI is InChI=1S/C14H30N4/c1-5-14(6-2)7-9-18(10-8-14)13(17-15)16-11-12(3)4/h12H,5-11,15H2,1-4H3,(H,16,17). The van der Waals surface area contributed by atoms with E-state index in [-0.39, 0.29) is 0 Å². The van der Waals surface area contributed by atoms with Crippen molar-refractivity contribution < 1.29 is 0 Å². The fourth-order valence-electron chi connectivity index (χ4n) is 2.66. The molecule has 1 rings (SSSR count). The van der Waals surface area contributed by atoms with Crippen LogP contribution in [-0.4, -0.2) is 30.5 Å². The zero-order valence-corrected chi connectivity index (χ0v) is 12.5. The van der Waals surface area contributed by atoms with Crippen molar-refractivity contribution in [3.63, 3.8) is 0 Å². The van der Waals surface area contributed by atoms with E-state index in [4.69, 9.17) is 5.84 Å². The van der Waals surface area contributed by atoms with Gasteiger partial charge in [0.25, 0.3) is 0 Å². The van der Waals surface area contributed by atoms with Crippen LogP contribution in [0.2, 0.25) is 0 Å². The van der Waals surface area contributed by atoms with Gasteiger partial charge in [-0.05, 0) is 24.2 Å². The van der Waals surface area contributed by atoms with Gasteiger partial charge in [0.1, 0.15) is 0 Å². The Bertz CT molecular complexity index is 259. The first-order valence-electron chi connectivity index (χ1n) is 7.33. The number of nitrogens with zero attached hydrogens (tertiary/aromatic N) is 2. The molecule has 0 aromatic heterocycles. The smallest absolute Gasteiger partial charge is 0.208 e. The first-order chi connectivity index (χ1) is 8.56. The minimum absolute atomic E-state index is 0.550. The van der Waals surface area contributed by atoms with Gasteiger partial charge in [-0.15, -0.1) is 0 Å². The lowest BCUT2D eigenvalue weighted by Gasteiger charge is -2.41. The number of hydrogen-bond acceptors (Lipinski definition) is 2. The maximum absolute atomic E-state index is 5.60. The second-order valence-electron chi connectivity index (χ2n) is 5.90. The number of aliphatic imine (C=N–C) groups is 1. The molecule has 0 radical (unpaired) electrons. The molecule has 4 nitrogen and oxygen atoms in total. The number of nitrogens with one attached hydrogen (secondary N) is 1. The minimum Gasteiger partial charge on any atom is -0.342 e. The third-order valence-corrected chi connectivity index (χ3v) is 4.36. The summed E-state index contributed by atoms with van der Waals surface area (Å²) in [6.07, 6.45) is 5.07. The van der Waals surface area contributed by atoms with Gasteiger partial charge in [-0.2, -0.15) is 0 Å². The molecular formula is C14H30N4. The highest BCUT2D eigenvalue weighted by molar-refractivity contribution is 5.79. The van der Waals surface area contributed by atoms with Gasteiger partial charge < -0.3 is 4.90 Å². The lowest BCUT2D eigenvalue weighted by molar-refractivity contribution is 0.133. The molecule has 0 aromatic carbocycles. The molecule has 1 saturated heterocycles. The van der Waals surface area contributed by atoms with Gasteiger partial charge in [0, 0.05) is 19.6 Å². The van der Waals surface area contributed by atoms with E-state index in [0.29, 0.717) is 11.3 Å². The van der Waals surface area contributed by atoms with Crippen molar-refractivity contribution in [2.75, 3.05) is 19.6 Å². The Morgan fingerprint density at radius 2 is 1.83 bits per heavy atom. The minimum atomic E-state index is 0.550. The van der Waals surface area contributed by atoms with Gasteiger partial charge in [0.15, 0.2) is 0 Å². The molecule has 0 unspecified atom stereocenters. The molecule has 1 heterocycles. The monoisotopic (exact) mass is 254 g/mol. The highest BCUT2D eigenvalue weighted by atomic mass is 15.4. The molecule has 0 atom stereocenters. The molecule has 0 saturated carbocycles. The zero-order valence-electron chi connectivity index (χ0n) is 12.5. The summed E-state index contributed by atoms with van der Waals surface area (Å²) in [6.45, 7) is 12.0. The molecule has 0 bridgehead atoms. The van der Waals surface area contributed by atoms with Crippen LogP contribution < -0.4 is 11.3 Å². The molecule has 1 fully saturated rings. The van der Waals surface area contributed by atoms with Crippen LogP contribution in [0.15, 0.2) is 4.99 Å². The van der Waals surface area contributed by atoms with Crippen LogP contribution in [0.3, 0.4) is 0 Å². The third kappa shape index (κ3) is 3.87. The Labute approximate surface area is 112 Å². The van der Waals surface area contributed by atoms with Crippen LogP contribution in [0.1, 0.15) is 53.4 Å². The van der Waals surface area contributed by atoms with Crippen molar-refractivity contribution in [3.05, 3.63) is 0 Å². The summed E-state index contributed by atoms with van der Waals surface area (Å²) in [6, 6.07) is 0. The van der Waals surface area contributed by atoms with E-state index in [1.807, 2.05) is 0 Å². The molecule has 18 heavy (non-hydrogen) atoms. The van der Waals surface area contributed by atoms with E-state index in [1.54, 1.807) is 0 Å². The Balaban J connectivity index is 2.57. The average molecular weight is 254 g/mol. The van der Waals surface area contributed by atoms with E-state index in [9.17, 15) is 0 Å². The van der Waals surface area contributed by atoms with Crippen LogP contribution in [0.25, 0.3) is 0 Å². The van der Waals surface area contributed by atoms with E-state index in [2.05, 4.69) is 43.0 Å². The van der Waals surface area contributed by atoms with E-state index in [0.717, 1.165) is 25.6 Å². The molecular weight excluding hydrogens is 224 g/mol. The first kappa shape index (κ1) is 15.3. The van der Waals surface area contributed by atoms with Crippen molar-refractivity contribution in [2.24, 2.45) is 22.2 Å². The number of hydrazine groups is 1. The summed E-state index contributed by atoms with van der Waals surface area (Å²) >= 11 is 0. The summed E-state index contributed by atoms with van der Waals surface area (Å²) in [5.74, 6) is 7.04. The van der Waals surface area contributed by atoms with Gasteiger partial charge in [-0.25, -0.2) is 5.84 Å². The Hall–Kier alpha value is -0.770. The zero-order chi connectivity index (χ0) is 13.6. The van der Waals surface area contributed by atoms with Crippen molar-refractivity contribution in [3.8, 4) is 0 Å². The van der Waals surface area contributed by atoms with Crippen LogP contribution in [-0.2, 0) is 0 Å². The first-order valence-corrected chi connectivity index (χ1v) is 7.33. The summed E-state index contributed by atoms with van der Waals surface area (Å²) < 4.78 is 0. The Morgan fingerprint density at radius 3 is 2.22 bits per heavy atom. The highest BCUT2D eigenvalue weighted by Crippen LogP contribution is 2.37. The van der Waals surface area contributed by atoms with Crippen molar-refractivity contribution in [2.45, 2.75) is 53.4 Å². The number of hydrogen-bond donors (Lipinski definition) is 2. The maximum Gasteiger partial charge on any atom is 0.208 e. The normalized spacial score (nSPS) is 20.3. The Kier molecular flexibility index (Phi) is 5.93. The highest BCUT2D eigenvalue weighted by Gasteiger charge is 2.32. The number of rotatable bonds is 4. The fourth-order valence-corrected chi connectivity index (χ4v) is 2.66. The van der Waals surface area contributed by atoms with Gasteiger partial charge >= 0.3 is 0 Å². The summed E-state index contributed by atoms with van der Waals surface area (Å²) in [4.78, 5) is 6.87. The van der Waals surface area contributed by atoms with Crippen LogP contribution >= 0.6 is 0 Å². The molecule has 1 aliphatic rings. The van der Waals surface area contributed by atoms with E-state index < -0.39 is 0 Å². The fraction of sp³-hybridized carbons (Fsp3) is 0.929. The van der Waals surface area contributed by atoms with Gasteiger partial charge in [0.2, 0.25) is 5.96 Å². The van der Waals surface area contributed by atoms with E-state index in [1.165, 1.54) is 25.7 Å². The molecule has 0 aromatic rings. The summed E-state index contributed by atoms with van der Waals surface area (Å²) in [7, 11) is 0. The molecule has 0 amide bonds. The predicted molar refractivity (Wildman–Crippen MR) is 78.3 cm³/mol. The Morgan fingerprint density at radius 1 is 1.28 bits per heavy atom. The summed E-state index contributed by atoms with van der Waals surface area (Å²) in [5, 5.41) is 0. The molecule has 0 spiro atoms. The molecule has 3 N–H and O–H groups in total. The van der Waals surface area contributed by atoms with Crippen molar-refractivity contribution >= 4 is 5.96 Å². The predicted octanol–water partition coefficient (Wildman–Crippen LogP) is 2.36. The van der Waals surface area contributed by atoms with Gasteiger partial charge in [0.05, 0.1) is 0 Å². The van der Waals surface area contributed by atoms with E-state index >= 15 is 0 Å². The number of piperidine rings is 1. The molecule has 0 aliphatic carbocycles. The second-order valence-corrected chi connectivity index (χ2v) is 5.90. The molecule has 4 heteroatoms. The third-order valence-electron chi connectivity index (χ3n) is 4.36. The maximum atomic E-state index is 5.60. The second kappa shape index (κ2) is 6.98. The SMILES string of the molecule is CCC1(CC)CCN(C(=NCC(C)C)NN)CC1. The summed E-state index contributed by atoms with van der Waals surface area (Å²) in [5.41, 5.74) is 3.32.